The Morgan fingerprint density at radius 2 is 1.06 bits per heavy atom. The summed E-state index contributed by atoms with van der Waals surface area (Å²) in [5.74, 6) is -3.00. The molecule has 0 bridgehead atoms. The summed E-state index contributed by atoms with van der Waals surface area (Å²) >= 11 is 0. The van der Waals surface area contributed by atoms with E-state index in [0.29, 0.717) is 5.56 Å². The monoisotopic (exact) mass is 472 g/mol. The minimum absolute atomic E-state index is 0.0153. The third kappa shape index (κ3) is 3.08. The van der Waals surface area contributed by atoms with Gasteiger partial charge in [0, 0.05) is 24.3 Å². The van der Waals surface area contributed by atoms with E-state index in [-0.39, 0.29) is 45.0 Å². The van der Waals surface area contributed by atoms with Crippen molar-refractivity contribution in [2.45, 2.75) is 6.92 Å². The van der Waals surface area contributed by atoms with Gasteiger partial charge in [-0.05, 0) is 36.8 Å². The first-order valence-corrected chi connectivity index (χ1v) is 10.0. The van der Waals surface area contributed by atoms with Crippen molar-refractivity contribution >= 4 is 46.4 Å². The molecule has 3 aromatic carbocycles. The third-order valence-electron chi connectivity index (χ3n) is 5.85. The maximum absolute atomic E-state index is 13.0. The van der Waals surface area contributed by atoms with E-state index in [9.17, 15) is 39.4 Å². The Kier molecular flexibility index (Phi) is 4.55. The van der Waals surface area contributed by atoms with E-state index in [0.717, 1.165) is 34.1 Å². The summed E-state index contributed by atoms with van der Waals surface area (Å²) in [5.41, 5.74) is -0.421. The number of nitro benzene ring substituents is 2. The lowest BCUT2D eigenvalue weighted by Gasteiger charge is -2.20. The van der Waals surface area contributed by atoms with E-state index in [4.69, 9.17) is 0 Å². The summed E-state index contributed by atoms with van der Waals surface area (Å²) in [5, 5.41) is 22.2. The third-order valence-corrected chi connectivity index (χ3v) is 5.85. The van der Waals surface area contributed by atoms with Crippen molar-refractivity contribution in [1.29, 1.82) is 0 Å². The molecule has 12 heteroatoms. The van der Waals surface area contributed by atoms with Crippen molar-refractivity contribution in [2.24, 2.45) is 0 Å². The molecule has 3 aromatic rings. The second kappa shape index (κ2) is 7.38. The predicted octanol–water partition coefficient (Wildman–Crippen LogP) is 3.41. The number of nitrogens with zero attached hydrogens (tertiary/aromatic N) is 4. The Hall–Kier alpha value is -5.26. The van der Waals surface area contributed by atoms with Crippen molar-refractivity contribution in [3.05, 3.63) is 103 Å². The number of aryl methyl sites for hydroxylation is 1. The van der Waals surface area contributed by atoms with Crippen LogP contribution in [0.15, 0.2) is 54.6 Å². The second-order valence-electron chi connectivity index (χ2n) is 7.84. The lowest BCUT2D eigenvalue weighted by atomic mass is 10.1. The van der Waals surface area contributed by atoms with Crippen LogP contribution in [0.5, 0.6) is 0 Å². The van der Waals surface area contributed by atoms with Gasteiger partial charge in [-0.25, -0.2) is 9.80 Å². The molecule has 5 rings (SSSR count). The number of fused-ring (bicyclic) bond motifs is 2. The number of amides is 4. The highest BCUT2D eigenvalue weighted by molar-refractivity contribution is 6.36. The number of hydrogen-bond acceptors (Lipinski definition) is 8. The zero-order chi connectivity index (χ0) is 25.2. The summed E-state index contributed by atoms with van der Waals surface area (Å²) < 4.78 is 0. The summed E-state index contributed by atoms with van der Waals surface area (Å²) in [6.45, 7) is 1.61. The molecular weight excluding hydrogens is 460 g/mol. The van der Waals surface area contributed by atoms with Gasteiger partial charge in [-0.15, -0.1) is 0 Å². The number of imide groups is 2. The Bertz CT molecular complexity index is 1560. The quantitative estimate of drug-likeness (QED) is 0.317. The fourth-order valence-corrected chi connectivity index (χ4v) is 4.12. The van der Waals surface area contributed by atoms with E-state index in [1.165, 1.54) is 30.3 Å². The molecule has 0 fully saturated rings. The molecule has 0 N–H and O–H groups in total. The Morgan fingerprint density at radius 3 is 1.57 bits per heavy atom. The number of carbonyl (C=O) groups excluding carboxylic acids is 4. The van der Waals surface area contributed by atoms with Crippen molar-refractivity contribution in [3.8, 4) is 0 Å². The number of carbonyl (C=O) groups is 4. The van der Waals surface area contributed by atoms with Crippen molar-refractivity contribution in [3.63, 3.8) is 0 Å². The van der Waals surface area contributed by atoms with Crippen LogP contribution < -0.4 is 9.80 Å². The summed E-state index contributed by atoms with van der Waals surface area (Å²) in [7, 11) is 0. The molecule has 0 radical (unpaired) electrons. The summed E-state index contributed by atoms with van der Waals surface area (Å²) in [4.78, 5) is 74.4. The molecule has 0 aromatic heterocycles. The number of benzene rings is 3. The van der Waals surface area contributed by atoms with Crippen molar-refractivity contribution in [1.82, 2.24) is 0 Å². The first kappa shape index (κ1) is 21.6. The highest BCUT2D eigenvalue weighted by Crippen LogP contribution is 2.37. The van der Waals surface area contributed by atoms with E-state index in [1.807, 2.05) is 0 Å². The van der Waals surface area contributed by atoms with Gasteiger partial charge in [0.25, 0.3) is 35.0 Å². The highest BCUT2D eigenvalue weighted by Gasteiger charge is 2.41. The van der Waals surface area contributed by atoms with Crippen molar-refractivity contribution in [2.75, 3.05) is 9.80 Å². The molecule has 0 aliphatic carbocycles. The van der Waals surface area contributed by atoms with Crippen LogP contribution in [0.2, 0.25) is 0 Å². The number of anilines is 2. The van der Waals surface area contributed by atoms with Crippen LogP contribution in [0.25, 0.3) is 0 Å². The predicted molar refractivity (Wildman–Crippen MR) is 120 cm³/mol. The molecule has 0 unspecified atom stereocenters. The second-order valence-corrected chi connectivity index (χ2v) is 7.84. The SMILES string of the molecule is Cc1ccc(N2C(=O)c3ccc([N+](=O)[O-])cc3C2=O)cc1N1C(=O)c2ccc([N+](=O)[O-])cc2C1=O. The van der Waals surface area contributed by atoms with Crippen LogP contribution in [0.1, 0.15) is 47.0 Å². The van der Waals surface area contributed by atoms with Crippen molar-refractivity contribution < 1.29 is 29.0 Å². The number of hydrogen-bond donors (Lipinski definition) is 0. The Labute approximate surface area is 195 Å². The molecule has 2 heterocycles. The topological polar surface area (TPSA) is 161 Å². The van der Waals surface area contributed by atoms with Crippen LogP contribution in [0, 0.1) is 27.2 Å². The largest absolute Gasteiger partial charge is 0.270 e. The number of nitro groups is 2. The Morgan fingerprint density at radius 1 is 0.600 bits per heavy atom. The molecule has 12 nitrogen and oxygen atoms in total. The van der Waals surface area contributed by atoms with Gasteiger partial charge in [0.1, 0.15) is 0 Å². The molecule has 0 saturated heterocycles. The lowest BCUT2D eigenvalue weighted by Crippen LogP contribution is -2.32. The van der Waals surface area contributed by atoms with Gasteiger partial charge in [0.2, 0.25) is 0 Å². The smallest absolute Gasteiger partial charge is 0.268 e. The Balaban J connectivity index is 1.56. The minimum Gasteiger partial charge on any atom is -0.268 e. The normalized spacial score (nSPS) is 14.4. The van der Waals surface area contributed by atoms with Crippen LogP contribution >= 0.6 is 0 Å². The maximum atomic E-state index is 13.0. The van der Waals surface area contributed by atoms with Gasteiger partial charge in [-0.3, -0.25) is 39.4 Å². The fourth-order valence-electron chi connectivity index (χ4n) is 4.12. The zero-order valence-corrected chi connectivity index (χ0v) is 17.8. The molecular formula is C23H12N4O8. The number of rotatable bonds is 4. The van der Waals surface area contributed by atoms with E-state index >= 15 is 0 Å². The van der Waals surface area contributed by atoms with Crippen LogP contribution in [0.3, 0.4) is 0 Å². The lowest BCUT2D eigenvalue weighted by molar-refractivity contribution is -0.385. The van der Waals surface area contributed by atoms with Gasteiger partial charge < -0.3 is 0 Å². The highest BCUT2D eigenvalue weighted by atomic mass is 16.6. The maximum Gasteiger partial charge on any atom is 0.270 e. The van der Waals surface area contributed by atoms with E-state index in [2.05, 4.69) is 0 Å². The number of non-ortho nitro benzene ring substituents is 2. The molecule has 0 atom stereocenters. The molecule has 172 valence electrons. The van der Waals surface area contributed by atoms with Gasteiger partial charge in [0.05, 0.1) is 43.5 Å². The van der Waals surface area contributed by atoms with Gasteiger partial charge in [-0.2, -0.15) is 0 Å². The molecule has 2 aliphatic rings. The first-order valence-electron chi connectivity index (χ1n) is 10.0. The van der Waals surface area contributed by atoms with E-state index in [1.54, 1.807) is 6.92 Å². The molecule has 0 saturated carbocycles. The molecule has 4 amide bonds. The summed E-state index contributed by atoms with van der Waals surface area (Å²) in [6, 6.07) is 10.9. The molecule has 2 aliphatic heterocycles. The fraction of sp³-hybridized carbons (Fsp3) is 0.0435. The standard InChI is InChI=1S/C23H12N4O8/c1-11-2-3-12(24-20(28)15-6-4-13(26(32)33)8-17(15)22(24)30)10-19(11)25-21(29)16-7-5-14(27(34)35)9-18(16)23(25)31/h2-10H,1H3. The average molecular weight is 472 g/mol. The zero-order valence-electron chi connectivity index (χ0n) is 17.8. The van der Waals surface area contributed by atoms with Crippen LogP contribution in [0.4, 0.5) is 22.7 Å². The van der Waals surface area contributed by atoms with Gasteiger partial charge in [-0.1, -0.05) is 6.07 Å². The van der Waals surface area contributed by atoms with Gasteiger partial charge in [0.15, 0.2) is 0 Å². The molecule has 0 spiro atoms. The van der Waals surface area contributed by atoms with Gasteiger partial charge >= 0.3 is 0 Å². The summed E-state index contributed by atoms with van der Waals surface area (Å²) in [6.07, 6.45) is 0. The minimum atomic E-state index is -0.790. The average Bonchev–Trinajstić information content (AvgIpc) is 3.23. The van der Waals surface area contributed by atoms with E-state index < -0.39 is 33.5 Å². The first-order chi connectivity index (χ1) is 16.6. The van der Waals surface area contributed by atoms with Crippen LogP contribution in [-0.2, 0) is 0 Å². The van der Waals surface area contributed by atoms with Crippen LogP contribution in [-0.4, -0.2) is 33.5 Å². The molecule has 35 heavy (non-hydrogen) atoms.